The van der Waals surface area contributed by atoms with Crippen LogP contribution in [0.5, 0.6) is 23.0 Å². The summed E-state index contributed by atoms with van der Waals surface area (Å²) in [7, 11) is 3.67. The molecule has 0 saturated carbocycles. The van der Waals surface area contributed by atoms with Crippen LogP contribution in [0.1, 0.15) is 102 Å². The van der Waals surface area contributed by atoms with Crippen molar-refractivity contribution in [2.75, 3.05) is 40.1 Å². The van der Waals surface area contributed by atoms with Gasteiger partial charge in [0, 0.05) is 97.7 Å². The predicted octanol–water partition coefficient (Wildman–Crippen LogP) is 5.43. The van der Waals surface area contributed by atoms with E-state index in [0.717, 1.165) is 60.1 Å². The minimum atomic E-state index is -0.883. The van der Waals surface area contributed by atoms with Crippen molar-refractivity contribution in [3.8, 4) is 29.1 Å². The summed E-state index contributed by atoms with van der Waals surface area (Å²) in [6.07, 6.45) is 6.01. The van der Waals surface area contributed by atoms with Gasteiger partial charge >= 0.3 is 5.97 Å². The fourth-order valence-corrected chi connectivity index (χ4v) is 10.6. The first-order chi connectivity index (χ1) is 25.1. The quantitative estimate of drug-likeness (QED) is 0.178. The van der Waals surface area contributed by atoms with Crippen LogP contribution >= 0.6 is 11.8 Å². The molecule has 2 saturated heterocycles. The number of aromatic hydroxyl groups is 1. The molecule has 0 aromatic heterocycles. The van der Waals surface area contributed by atoms with Crippen LogP contribution in [0.25, 0.3) is 0 Å². The number of ether oxygens (including phenoxy) is 5. The summed E-state index contributed by atoms with van der Waals surface area (Å²) in [5.74, 6) is 1.36. The Morgan fingerprint density at radius 1 is 1.09 bits per heavy atom. The first-order valence-corrected chi connectivity index (χ1v) is 19.5. The van der Waals surface area contributed by atoms with Crippen LogP contribution < -0.4 is 19.5 Å². The Labute approximate surface area is 352 Å². The van der Waals surface area contributed by atoms with Crippen molar-refractivity contribution in [2.24, 2.45) is 0 Å². The van der Waals surface area contributed by atoms with Crippen LogP contribution in [0.4, 0.5) is 0 Å². The first kappa shape index (κ1) is 40.4. The number of likely N-dealkylation sites (N-methyl/N-ethyl adjacent to an activating group) is 1. The molecule has 2 fully saturated rings. The molecule has 6 heterocycles. The van der Waals surface area contributed by atoms with Gasteiger partial charge < -0.3 is 34.1 Å². The van der Waals surface area contributed by atoms with Crippen molar-refractivity contribution < 1.29 is 82.4 Å². The molecule has 6 aliphatic heterocycles. The number of rotatable bonds is 10. The number of fused-ring (bicyclic) bond motifs is 10. The van der Waals surface area contributed by atoms with E-state index in [1.165, 1.54) is 11.8 Å². The van der Waals surface area contributed by atoms with Crippen LogP contribution in [0.3, 0.4) is 0 Å². The zero-order valence-electron chi connectivity index (χ0n) is 31.5. The average Bonchev–Trinajstić information content (AvgIpc) is 3.62. The molecule has 53 heavy (non-hydrogen) atoms. The van der Waals surface area contributed by atoms with Gasteiger partial charge in [0.05, 0.1) is 23.4 Å². The van der Waals surface area contributed by atoms with Gasteiger partial charge in [-0.05, 0) is 57.4 Å². The predicted molar refractivity (Wildman–Crippen MR) is 195 cm³/mol. The number of nitrogens with zero attached hydrogens (tertiary/aromatic N) is 3. The zero-order valence-corrected chi connectivity index (χ0v) is 37.1. The van der Waals surface area contributed by atoms with Gasteiger partial charge in [-0.2, -0.15) is 5.26 Å². The molecular weight excluding hydrogens is 912 g/mol. The molecule has 7 atom stereocenters. The van der Waals surface area contributed by atoms with E-state index < -0.39 is 29.3 Å². The number of hydrogen-bond acceptors (Lipinski definition) is 12. The molecule has 14 heteroatoms. The number of benzene rings is 2. The van der Waals surface area contributed by atoms with Crippen molar-refractivity contribution >= 4 is 23.6 Å². The maximum Gasteiger partial charge on any atom is 0.329 e. The number of aryl methyl sites for hydroxylation is 1. The summed E-state index contributed by atoms with van der Waals surface area (Å²) < 4.78 is 29.9. The second-order valence-corrected chi connectivity index (χ2v) is 15.9. The molecule has 1 amide bonds. The van der Waals surface area contributed by atoms with E-state index in [0.29, 0.717) is 41.0 Å². The van der Waals surface area contributed by atoms with Crippen LogP contribution in [0.15, 0.2) is 6.07 Å². The Bertz CT molecular complexity index is 1790. The number of nitrogens with one attached hydrogen (secondary N) is 1. The fourth-order valence-electron chi connectivity index (χ4n) is 9.11. The minimum Gasteiger partial charge on any atom is -0.507 e. The van der Waals surface area contributed by atoms with Gasteiger partial charge in [-0.15, -0.1) is 11.8 Å². The van der Waals surface area contributed by atoms with Gasteiger partial charge in [0.25, 0.3) is 0 Å². The number of carbonyl (C=O) groups is 2. The number of methoxy groups -OCH3 is 1. The summed E-state index contributed by atoms with van der Waals surface area (Å²) in [6, 6.07) is 1.93. The van der Waals surface area contributed by atoms with E-state index in [2.05, 4.69) is 55.1 Å². The topological polar surface area (TPSA) is 143 Å². The second-order valence-electron chi connectivity index (χ2n) is 14.7. The SMILES string of the molecule is CCCCCCCC(=O)N[C@H]1CS[C@@H]2c3c(O)c(C)c4c(c3[C@@H](COC1=O)N1C2[C@@H]2c3c(cc(C)c(C)c3OCOC)C[C@@H]([C@@H]1C#N)N2C)OCO4.[Ac]. The molecular formula is C39H50AcN4O8S. The van der Waals surface area contributed by atoms with Gasteiger partial charge in [-0.25, -0.2) is 4.79 Å². The van der Waals surface area contributed by atoms with Crippen LogP contribution in [0.2, 0.25) is 0 Å². The fraction of sp³-hybridized carbons (Fsp3) is 0.615. The maximum absolute atomic E-state index is 13.8. The van der Waals surface area contributed by atoms with Gasteiger partial charge in [0.1, 0.15) is 30.2 Å². The Morgan fingerprint density at radius 3 is 2.58 bits per heavy atom. The second kappa shape index (κ2) is 16.9. The molecule has 1 radical (unpaired) electrons. The molecule has 1 unspecified atom stereocenters. The van der Waals surface area contributed by atoms with Crippen LogP contribution in [-0.2, 0) is 25.5 Å². The number of hydrogen-bond donors (Lipinski definition) is 2. The third-order valence-electron chi connectivity index (χ3n) is 11.7. The van der Waals surface area contributed by atoms with E-state index in [1.54, 1.807) is 7.11 Å². The summed E-state index contributed by atoms with van der Waals surface area (Å²) in [5.41, 5.74) is 6.23. The number of phenolic OH excluding ortho intramolecular Hbond substituents is 1. The number of carbonyl (C=O) groups excluding carboxylic acids is 2. The Kier molecular flexibility index (Phi) is 12.8. The monoisotopic (exact) mass is 961 g/mol. The number of nitriles is 1. The van der Waals surface area contributed by atoms with Crippen molar-refractivity contribution in [1.82, 2.24) is 15.1 Å². The first-order valence-electron chi connectivity index (χ1n) is 18.5. The van der Waals surface area contributed by atoms with Crippen LogP contribution in [0, 0.1) is 76.2 Å². The van der Waals surface area contributed by atoms with E-state index in [-0.39, 0.29) is 99.8 Å². The van der Waals surface area contributed by atoms with Crippen molar-refractivity contribution in [2.45, 2.75) is 114 Å². The van der Waals surface area contributed by atoms with Gasteiger partial charge in [-0.3, -0.25) is 14.6 Å². The molecule has 6 aliphatic rings. The van der Waals surface area contributed by atoms with E-state index in [4.69, 9.17) is 23.7 Å². The van der Waals surface area contributed by atoms with Gasteiger partial charge in [0.15, 0.2) is 18.3 Å². The molecule has 2 aromatic carbocycles. The smallest absolute Gasteiger partial charge is 0.329 e. The van der Waals surface area contributed by atoms with Gasteiger partial charge in [0.2, 0.25) is 12.7 Å². The van der Waals surface area contributed by atoms with E-state index in [9.17, 15) is 20.0 Å². The number of unbranched alkanes of at least 4 members (excludes halogenated alkanes) is 4. The average molecular weight is 962 g/mol. The molecule has 8 rings (SSSR count). The van der Waals surface area contributed by atoms with Gasteiger partial charge in [-0.1, -0.05) is 38.7 Å². The number of esters is 1. The Balaban J connectivity index is 0.00000481. The number of piperazine rings is 1. The molecule has 2 aromatic rings. The summed E-state index contributed by atoms with van der Waals surface area (Å²) in [4.78, 5) is 31.5. The molecule has 0 aliphatic carbocycles. The van der Waals surface area contributed by atoms with E-state index in [1.807, 2.05) is 6.92 Å². The third-order valence-corrected chi connectivity index (χ3v) is 13.1. The van der Waals surface area contributed by atoms with Crippen molar-refractivity contribution in [3.05, 3.63) is 45.0 Å². The Morgan fingerprint density at radius 2 is 1.85 bits per heavy atom. The Hall–Kier alpha value is -2.26. The van der Waals surface area contributed by atoms with Crippen LogP contribution in [-0.4, -0.2) is 91.1 Å². The number of amides is 1. The zero-order chi connectivity index (χ0) is 36.8. The standard InChI is InChI=1S/C39H50N4O8S.Ac/c1-7-8-9-10-11-12-28(44)41-24-17-52-38-31-30(37-36(50-19-51-37)22(4)34(31)45)27(16-48-39(24)46)43-26(15-40)25-14-23-13-20(2)21(3)35(49-18-47-6)29(23)32(33(38)43)42(25)5;/h13,24-27,32-33,38,45H,7-12,14,16-19H2,1-6H3,(H,41,44);/t24-,25-,26-,27+,32-,33?,38+;/m0./s1. The minimum absolute atomic E-state index is 0. The molecule has 12 nitrogen and oxygen atoms in total. The maximum atomic E-state index is 13.8. The van der Waals surface area contributed by atoms with E-state index >= 15 is 0 Å². The molecule has 2 N–H and O–H groups in total. The normalized spacial score (nSPS) is 27.0. The molecule has 4 bridgehead atoms. The molecule has 283 valence electrons. The number of thioether (sulfide) groups is 1. The van der Waals surface area contributed by atoms with Crippen molar-refractivity contribution in [3.63, 3.8) is 0 Å². The largest absolute Gasteiger partial charge is 0.507 e. The summed E-state index contributed by atoms with van der Waals surface area (Å²) in [6.45, 7) is 8.08. The summed E-state index contributed by atoms with van der Waals surface area (Å²) >= 11 is 1.49. The third kappa shape index (κ3) is 7.06. The summed E-state index contributed by atoms with van der Waals surface area (Å²) in [5, 5.41) is 25.7. The number of phenols is 1. The van der Waals surface area contributed by atoms with Crippen molar-refractivity contribution in [1.29, 1.82) is 5.26 Å². The molecule has 0 spiro atoms.